The van der Waals surface area contributed by atoms with Gasteiger partial charge in [-0.1, -0.05) is 56.7 Å². The minimum absolute atomic E-state index is 0.154. The summed E-state index contributed by atoms with van der Waals surface area (Å²) < 4.78 is 11.7. The number of hydrogen-bond acceptors (Lipinski definition) is 7. The number of pyridine rings is 1. The van der Waals surface area contributed by atoms with Gasteiger partial charge in [0.15, 0.2) is 11.7 Å². The van der Waals surface area contributed by atoms with Crippen LogP contribution in [0.15, 0.2) is 42.6 Å². The first-order valence-corrected chi connectivity index (χ1v) is 12.4. The van der Waals surface area contributed by atoms with E-state index < -0.39 is 11.7 Å². The summed E-state index contributed by atoms with van der Waals surface area (Å²) in [7, 11) is 0. The van der Waals surface area contributed by atoms with Crippen molar-refractivity contribution in [3.8, 4) is 5.75 Å². The molecule has 1 saturated heterocycles. The van der Waals surface area contributed by atoms with E-state index >= 15 is 0 Å². The van der Waals surface area contributed by atoms with Gasteiger partial charge in [0.2, 0.25) is 5.91 Å². The van der Waals surface area contributed by atoms with Crippen LogP contribution in [0, 0.1) is 0 Å². The zero-order chi connectivity index (χ0) is 23.6. The van der Waals surface area contributed by atoms with Gasteiger partial charge in [-0.3, -0.25) is 14.6 Å². The smallest absolute Gasteiger partial charge is 0.306 e. The molecule has 2 heterocycles. The van der Waals surface area contributed by atoms with Gasteiger partial charge < -0.3 is 19.9 Å². The Hall–Kier alpha value is -2.58. The highest BCUT2D eigenvalue weighted by Crippen LogP contribution is 2.26. The van der Waals surface area contributed by atoms with Crippen LogP contribution in [0.4, 0.5) is 0 Å². The van der Waals surface area contributed by atoms with Crippen LogP contribution in [0.5, 0.6) is 5.75 Å². The summed E-state index contributed by atoms with van der Waals surface area (Å²) >= 11 is 1.21. The fourth-order valence-corrected chi connectivity index (χ4v) is 4.46. The van der Waals surface area contributed by atoms with Crippen LogP contribution in [0.25, 0.3) is 0 Å². The average Bonchev–Trinajstić information content (AvgIpc) is 3.14. The van der Waals surface area contributed by atoms with E-state index in [1.54, 1.807) is 6.20 Å². The first-order chi connectivity index (χ1) is 16.0. The van der Waals surface area contributed by atoms with Crippen molar-refractivity contribution in [3.63, 3.8) is 0 Å². The molecule has 3 rings (SSSR count). The van der Waals surface area contributed by atoms with Crippen molar-refractivity contribution >= 4 is 23.6 Å². The van der Waals surface area contributed by atoms with Crippen molar-refractivity contribution in [2.24, 2.45) is 0 Å². The highest BCUT2D eigenvalue weighted by atomic mass is 32.2. The summed E-state index contributed by atoms with van der Waals surface area (Å²) in [5, 5.41) is 11.7. The predicted octanol–water partition coefficient (Wildman–Crippen LogP) is 3.94. The first-order valence-electron chi connectivity index (χ1n) is 11.5. The zero-order valence-corrected chi connectivity index (χ0v) is 20.0. The summed E-state index contributed by atoms with van der Waals surface area (Å²) in [5.74, 6) is 0.257. The lowest BCUT2D eigenvalue weighted by molar-refractivity contribution is -0.151. The lowest BCUT2D eigenvalue weighted by Crippen LogP contribution is -2.27. The van der Waals surface area contributed by atoms with Crippen LogP contribution in [0.2, 0.25) is 0 Å². The SMILES string of the molecule is CCCCCC(=O)OC(COc1ccc(CC2SC(O)NC2=O)cc1)c1ccc(CC)nc1. The highest BCUT2D eigenvalue weighted by Gasteiger charge is 2.31. The van der Waals surface area contributed by atoms with Crippen molar-refractivity contribution in [3.05, 3.63) is 59.4 Å². The number of aryl methyl sites for hydroxylation is 1. The van der Waals surface area contributed by atoms with Crippen LogP contribution >= 0.6 is 11.8 Å². The molecular formula is C25H32N2O5S. The molecule has 0 bridgehead atoms. The Morgan fingerprint density at radius 3 is 2.58 bits per heavy atom. The first kappa shape index (κ1) is 25.1. The molecule has 0 spiro atoms. The molecule has 1 aromatic carbocycles. The number of aliphatic hydroxyl groups is 1. The number of nitrogens with zero attached hydrogens (tertiary/aromatic N) is 1. The number of aromatic nitrogens is 1. The van der Waals surface area contributed by atoms with Gasteiger partial charge in [-0.15, -0.1) is 0 Å². The van der Waals surface area contributed by atoms with Gasteiger partial charge in [0.25, 0.3) is 0 Å². The van der Waals surface area contributed by atoms with Crippen LogP contribution in [0.1, 0.15) is 62.5 Å². The molecule has 178 valence electrons. The molecule has 1 fully saturated rings. The molecule has 1 aliphatic rings. The molecule has 0 aliphatic carbocycles. The van der Waals surface area contributed by atoms with Crippen molar-refractivity contribution in [1.29, 1.82) is 0 Å². The summed E-state index contributed by atoms with van der Waals surface area (Å²) in [6.07, 6.45) is 5.81. The van der Waals surface area contributed by atoms with E-state index in [2.05, 4.69) is 17.2 Å². The second-order valence-corrected chi connectivity index (χ2v) is 9.30. The van der Waals surface area contributed by atoms with Crippen molar-refractivity contribution in [2.75, 3.05) is 6.61 Å². The van der Waals surface area contributed by atoms with Crippen LogP contribution in [-0.2, 0) is 27.2 Å². The molecule has 33 heavy (non-hydrogen) atoms. The Morgan fingerprint density at radius 1 is 1.18 bits per heavy atom. The van der Waals surface area contributed by atoms with Crippen LogP contribution < -0.4 is 10.1 Å². The summed E-state index contributed by atoms with van der Waals surface area (Å²) in [6.45, 7) is 4.32. The quantitative estimate of drug-likeness (QED) is 0.357. The third-order valence-electron chi connectivity index (χ3n) is 5.44. The third kappa shape index (κ3) is 7.75. The minimum atomic E-state index is -0.840. The van der Waals surface area contributed by atoms with E-state index in [9.17, 15) is 14.7 Å². The van der Waals surface area contributed by atoms with Crippen LogP contribution in [0.3, 0.4) is 0 Å². The Labute approximate surface area is 199 Å². The van der Waals surface area contributed by atoms with E-state index in [1.165, 1.54) is 11.8 Å². The van der Waals surface area contributed by atoms with Crippen molar-refractivity contribution in [1.82, 2.24) is 10.3 Å². The predicted molar refractivity (Wildman–Crippen MR) is 128 cm³/mol. The van der Waals surface area contributed by atoms with Gasteiger partial charge in [0.05, 0.1) is 5.25 Å². The third-order valence-corrected chi connectivity index (χ3v) is 6.52. The average molecular weight is 473 g/mol. The van der Waals surface area contributed by atoms with E-state index in [1.807, 2.05) is 43.3 Å². The number of esters is 1. The Kier molecular flexibility index (Phi) is 9.57. The molecule has 2 N–H and O–H groups in total. The maximum absolute atomic E-state index is 12.3. The molecule has 2 aromatic rings. The molecule has 1 aliphatic heterocycles. The number of nitrogens with one attached hydrogen (secondary N) is 1. The summed E-state index contributed by atoms with van der Waals surface area (Å²) in [4.78, 5) is 28.6. The van der Waals surface area contributed by atoms with Gasteiger partial charge >= 0.3 is 5.97 Å². The summed E-state index contributed by atoms with van der Waals surface area (Å²) in [5.41, 5.74) is 1.91. The topological polar surface area (TPSA) is 97.8 Å². The number of aliphatic hydroxyl groups excluding tert-OH is 1. The Balaban J connectivity index is 1.60. The van der Waals surface area contributed by atoms with E-state index in [0.717, 1.165) is 42.5 Å². The fourth-order valence-electron chi connectivity index (χ4n) is 3.49. The molecule has 0 saturated carbocycles. The molecule has 3 unspecified atom stereocenters. The number of carbonyl (C=O) groups is 2. The standard InChI is InChI=1S/C25H32N2O5S/c1-3-5-6-7-23(28)32-21(18-10-11-19(4-2)26-15-18)16-31-20-12-8-17(9-13-20)14-22-24(29)27-25(30)33-22/h8-13,15,21-22,25,30H,3-7,14,16H2,1-2H3,(H,27,29). The number of thioether (sulfide) groups is 1. The maximum Gasteiger partial charge on any atom is 0.306 e. The number of amides is 1. The minimum Gasteiger partial charge on any atom is -0.489 e. The molecule has 3 atom stereocenters. The number of unbranched alkanes of at least 4 members (excludes halogenated alkanes) is 2. The molecule has 1 aromatic heterocycles. The Morgan fingerprint density at radius 2 is 1.97 bits per heavy atom. The van der Waals surface area contributed by atoms with Gasteiger partial charge in [-0.2, -0.15) is 0 Å². The number of hydrogen-bond donors (Lipinski definition) is 2. The summed E-state index contributed by atoms with van der Waals surface area (Å²) in [6, 6.07) is 11.3. The Bertz CT molecular complexity index is 904. The van der Waals surface area contributed by atoms with E-state index in [4.69, 9.17) is 9.47 Å². The van der Waals surface area contributed by atoms with Gasteiger partial charge in [-0.25, -0.2) is 0 Å². The maximum atomic E-state index is 12.3. The van der Waals surface area contributed by atoms with Gasteiger partial charge in [0, 0.05) is 23.9 Å². The lowest BCUT2D eigenvalue weighted by atomic mass is 10.1. The largest absolute Gasteiger partial charge is 0.489 e. The lowest BCUT2D eigenvalue weighted by Gasteiger charge is -2.19. The van der Waals surface area contributed by atoms with Crippen molar-refractivity contribution < 1.29 is 24.2 Å². The van der Waals surface area contributed by atoms with Gasteiger partial charge in [0.1, 0.15) is 12.4 Å². The second-order valence-electron chi connectivity index (χ2n) is 8.02. The van der Waals surface area contributed by atoms with Crippen molar-refractivity contribution in [2.45, 2.75) is 69.3 Å². The number of ether oxygens (including phenoxy) is 2. The number of carbonyl (C=O) groups excluding carboxylic acids is 2. The molecule has 8 heteroatoms. The van der Waals surface area contributed by atoms with E-state index in [-0.39, 0.29) is 23.7 Å². The van der Waals surface area contributed by atoms with E-state index in [0.29, 0.717) is 18.6 Å². The fraction of sp³-hybridized carbons (Fsp3) is 0.480. The molecule has 7 nitrogen and oxygen atoms in total. The van der Waals surface area contributed by atoms with Crippen LogP contribution in [-0.4, -0.2) is 39.4 Å². The monoisotopic (exact) mass is 472 g/mol. The highest BCUT2D eigenvalue weighted by molar-refractivity contribution is 8.01. The normalized spacial score (nSPS) is 18.6. The second kappa shape index (κ2) is 12.6. The number of benzene rings is 1. The molecule has 0 radical (unpaired) electrons. The molecular weight excluding hydrogens is 440 g/mol. The number of rotatable bonds is 12. The zero-order valence-electron chi connectivity index (χ0n) is 19.2. The van der Waals surface area contributed by atoms with Gasteiger partial charge in [-0.05, 0) is 43.0 Å². The molecule has 1 amide bonds.